The summed E-state index contributed by atoms with van der Waals surface area (Å²) in [6, 6.07) is 16.6. The van der Waals surface area contributed by atoms with E-state index in [1.807, 2.05) is 41.9 Å². The highest BCUT2D eigenvalue weighted by molar-refractivity contribution is 5.96. The van der Waals surface area contributed by atoms with Gasteiger partial charge in [-0.3, -0.25) is 4.79 Å². The van der Waals surface area contributed by atoms with Crippen LogP contribution in [0.1, 0.15) is 27.2 Å². The third-order valence-corrected chi connectivity index (χ3v) is 4.87. The molecule has 0 radical (unpaired) electrons. The van der Waals surface area contributed by atoms with Gasteiger partial charge >= 0.3 is 0 Å². The molecule has 32 heavy (non-hydrogen) atoms. The molecule has 0 saturated carbocycles. The van der Waals surface area contributed by atoms with Gasteiger partial charge in [0.25, 0.3) is 5.91 Å². The first-order valence-electron chi connectivity index (χ1n) is 10.2. The first kappa shape index (κ1) is 20.9. The van der Waals surface area contributed by atoms with Crippen LogP contribution < -0.4 is 15.4 Å². The van der Waals surface area contributed by atoms with Gasteiger partial charge in [0.15, 0.2) is 0 Å². The van der Waals surface area contributed by atoms with Gasteiger partial charge in [-0.05, 0) is 42.8 Å². The fourth-order valence-electron chi connectivity index (χ4n) is 3.29. The predicted octanol–water partition coefficient (Wildman–Crippen LogP) is 3.33. The smallest absolute Gasteiger partial charge is 0.255 e. The average Bonchev–Trinajstić information content (AvgIpc) is 3.25. The zero-order chi connectivity index (χ0) is 22.3. The molecule has 0 bridgehead atoms. The molecule has 0 atom stereocenters. The van der Waals surface area contributed by atoms with Gasteiger partial charge in [0, 0.05) is 31.7 Å². The lowest BCUT2D eigenvalue weighted by molar-refractivity contribution is 0.0950. The Balaban J connectivity index is 1.35. The summed E-state index contributed by atoms with van der Waals surface area (Å²) < 4.78 is 7.88. The quantitative estimate of drug-likeness (QED) is 0.419. The Morgan fingerprint density at radius 3 is 2.88 bits per heavy atom. The number of imidazole rings is 1. The van der Waals surface area contributed by atoms with Gasteiger partial charge in [-0.15, -0.1) is 0 Å². The van der Waals surface area contributed by atoms with Crippen molar-refractivity contribution in [2.75, 3.05) is 18.4 Å². The first-order valence-corrected chi connectivity index (χ1v) is 10.2. The van der Waals surface area contributed by atoms with E-state index in [4.69, 9.17) is 10.00 Å². The summed E-state index contributed by atoms with van der Waals surface area (Å²) in [4.78, 5) is 21.4. The maximum Gasteiger partial charge on any atom is 0.255 e. The molecular weight excluding hydrogens is 404 g/mol. The van der Waals surface area contributed by atoms with Crippen molar-refractivity contribution in [3.05, 3.63) is 89.5 Å². The van der Waals surface area contributed by atoms with Crippen molar-refractivity contribution in [1.29, 1.82) is 5.26 Å². The van der Waals surface area contributed by atoms with Crippen LogP contribution in [0.4, 0.5) is 5.82 Å². The lowest BCUT2D eigenvalue weighted by atomic mass is 10.2. The molecule has 0 unspecified atom stereocenters. The van der Waals surface area contributed by atoms with Crippen molar-refractivity contribution >= 4 is 17.4 Å². The number of carbonyl (C=O) groups excluding carboxylic acids is 1. The largest absolute Gasteiger partial charge is 0.486 e. The van der Waals surface area contributed by atoms with Crippen LogP contribution in [0.3, 0.4) is 0 Å². The molecule has 4 aromatic rings. The number of nitrogens with zero attached hydrogens (tertiary/aromatic N) is 4. The Morgan fingerprint density at radius 1 is 1.16 bits per heavy atom. The number of para-hydroxylation sites is 1. The van der Waals surface area contributed by atoms with Crippen LogP contribution in [0.2, 0.25) is 0 Å². The molecule has 160 valence electrons. The van der Waals surface area contributed by atoms with Gasteiger partial charge < -0.3 is 19.8 Å². The van der Waals surface area contributed by atoms with E-state index in [1.54, 1.807) is 36.5 Å². The summed E-state index contributed by atoms with van der Waals surface area (Å²) in [6.45, 7) is 3.06. The molecule has 4 rings (SSSR count). The molecule has 8 nitrogen and oxygen atoms in total. The summed E-state index contributed by atoms with van der Waals surface area (Å²) >= 11 is 0. The summed E-state index contributed by atoms with van der Waals surface area (Å²) in [7, 11) is 0. The van der Waals surface area contributed by atoms with Crippen LogP contribution in [-0.2, 0) is 6.61 Å². The van der Waals surface area contributed by atoms with Crippen LogP contribution in [0, 0.1) is 18.3 Å². The molecule has 3 heterocycles. The first-order chi connectivity index (χ1) is 15.7. The molecular formula is C24H22N6O2. The summed E-state index contributed by atoms with van der Waals surface area (Å²) in [6.07, 6.45) is 5.47. The number of nitriles is 1. The predicted molar refractivity (Wildman–Crippen MR) is 120 cm³/mol. The second-order valence-electron chi connectivity index (χ2n) is 7.13. The summed E-state index contributed by atoms with van der Waals surface area (Å²) in [5.74, 6) is 0.744. The van der Waals surface area contributed by atoms with Gasteiger partial charge in [-0.25, -0.2) is 9.97 Å². The molecule has 2 N–H and O–H groups in total. The highest BCUT2D eigenvalue weighted by atomic mass is 16.5. The number of carbonyl (C=O) groups is 1. The minimum atomic E-state index is -0.241. The number of nitrogens with one attached hydrogen (secondary N) is 2. The van der Waals surface area contributed by atoms with Crippen molar-refractivity contribution < 1.29 is 9.53 Å². The van der Waals surface area contributed by atoms with E-state index in [-0.39, 0.29) is 12.5 Å². The number of ether oxygens (including phenoxy) is 1. The number of pyridine rings is 2. The number of amides is 1. The molecule has 0 aliphatic heterocycles. The standard InChI is InChI=1S/C24H22N6O2/c1-17-6-5-13-30-15-19(29-23(17)30)16-32-21-9-3-2-8-20(21)24(31)28-12-11-27-22-18(14-25)7-4-10-26-22/h2-10,13,15H,11-12,16H2,1H3,(H,26,27)(H,28,31). The van der Waals surface area contributed by atoms with E-state index >= 15 is 0 Å². The number of hydrogen-bond acceptors (Lipinski definition) is 6. The summed E-state index contributed by atoms with van der Waals surface area (Å²) in [5, 5.41) is 15.0. The second kappa shape index (κ2) is 9.62. The van der Waals surface area contributed by atoms with Crippen LogP contribution in [0.5, 0.6) is 5.75 Å². The van der Waals surface area contributed by atoms with Crippen molar-refractivity contribution in [2.45, 2.75) is 13.5 Å². The van der Waals surface area contributed by atoms with E-state index in [1.165, 1.54) is 0 Å². The van der Waals surface area contributed by atoms with Gasteiger partial charge in [0.1, 0.15) is 29.9 Å². The SMILES string of the molecule is Cc1cccn2cc(COc3ccccc3C(=O)NCCNc3ncccc3C#N)nc12. The van der Waals surface area contributed by atoms with Gasteiger partial charge in [0.2, 0.25) is 0 Å². The lowest BCUT2D eigenvalue weighted by Crippen LogP contribution is -2.29. The van der Waals surface area contributed by atoms with Crippen LogP contribution in [0.15, 0.2) is 67.1 Å². The molecule has 0 fully saturated rings. The van der Waals surface area contributed by atoms with Gasteiger partial charge in [-0.1, -0.05) is 18.2 Å². The minimum Gasteiger partial charge on any atom is -0.486 e. The molecule has 0 spiro atoms. The number of rotatable bonds is 8. The maximum atomic E-state index is 12.7. The topological polar surface area (TPSA) is 104 Å². The summed E-state index contributed by atoms with van der Waals surface area (Å²) in [5.41, 5.74) is 3.65. The van der Waals surface area contributed by atoms with Crippen molar-refractivity contribution in [3.63, 3.8) is 0 Å². The van der Waals surface area contributed by atoms with Gasteiger partial charge in [-0.2, -0.15) is 5.26 Å². The molecule has 0 aliphatic carbocycles. The fourth-order valence-corrected chi connectivity index (χ4v) is 3.29. The average molecular weight is 426 g/mol. The van der Waals surface area contributed by atoms with Crippen LogP contribution >= 0.6 is 0 Å². The minimum absolute atomic E-state index is 0.241. The van der Waals surface area contributed by atoms with Crippen molar-refractivity contribution in [2.24, 2.45) is 0 Å². The number of hydrogen-bond donors (Lipinski definition) is 2. The molecule has 0 saturated heterocycles. The second-order valence-corrected chi connectivity index (χ2v) is 7.13. The number of aromatic nitrogens is 3. The zero-order valence-corrected chi connectivity index (χ0v) is 17.6. The molecule has 0 aliphatic rings. The Bertz CT molecular complexity index is 1290. The van der Waals surface area contributed by atoms with Crippen molar-refractivity contribution in [1.82, 2.24) is 19.7 Å². The van der Waals surface area contributed by atoms with E-state index in [9.17, 15) is 4.79 Å². The highest BCUT2D eigenvalue weighted by Gasteiger charge is 2.13. The zero-order valence-electron chi connectivity index (χ0n) is 17.6. The highest BCUT2D eigenvalue weighted by Crippen LogP contribution is 2.20. The third kappa shape index (κ3) is 4.68. The van der Waals surface area contributed by atoms with E-state index < -0.39 is 0 Å². The Morgan fingerprint density at radius 2 is 2.03 bits per heavy atom. The number of fused-ring (bicyclic) bond motifs is 1. The number of anilines is 1. The fraction of sp³-hybridized carbons (Fsp3) is 0.167. The molecule has 1 amide bonds. The molecule has 1 aromatic carbocycles. The maximum absolute atomic E-state index is 12.7. The Hall–Kier alpha value is -4.38. The van der Waals surface area contributed by atoms with E-state index in [0.717, 1.165) is 16.9 Å². The molecule has 8 heteroatoms. The lowest BCUT2D eigenvalue weighted by Gasteiger charge is -2.12. The van der Waals surface area contributed by atoms with E-state index in [2.05, 4.69) is 26.7 Å². The number of aryl methyl sites for hydroxylation is 1. The van der Waals surface area contributed by atoms with E-state index in [0.29, 0.717) is 35.8 Å². The Labute approximate surface area is 185 Å². The Kier molecular flexibility index (Phi) is 6.28. The number of benzene rings is 1. The third-order valence-electron chi connectivity index (χ3n) is 4.87. The van der Waals surface area contributed by atoms with Crippen LogP contribution in [0.25, 0.3) is 5.65 Å². The monoisotopic (exact) mass is 426 g/mol. The molecule has 3 aromatic heterocycles. The van der Waals surface area contributed by atoms with Gasteiger partial charge in [0.05, 0.1) is 16.8 Å². The normalized spacial score (nSPS) is 10.5. The van der Waals surface area contributed by atoms with Crippen LogP contribution in [-0.4, -0.2) is 33.4 Å². The van der Waals surface area contributed by atoms with Crippen molar-refractivity contribution in [3.8, 4) is 11.8 Å².